The average molecular weight is 307 g/mol. The van der Waals surface area contributed by atoms with Crippen molar-refractivity contribution in [3.63, 3.8) is 0 Å². The van der Waals surface area contributed by atoms with E-state index in [1.54, 1.807) is 24.3 Å². The van der Waals surface area contributed by atoms with Crippen LogP contribution in [0.5, 0.6) is 0 Å². The van der Waals surface area contributed by atoms with Crippen LogP contribution in [0.15, 0.2) is 24.3 Å². The van der Waals surface area contributed by atoms with E-state index in [9.17, 15) is 14.6 Å². The quantitative estimate of drug-likeness (QED) is 0.636. The second-order valence-electron chi connectivity index (χ2n) is 4.53. The number of rotatable bonds is 8. The third-order valence-electron chi connectivity index (χ3n) is 2.65. The Morgan fingerprint density at radius 1 is 1.40 bits per heavy atom. The highest BCUT2D eigenvalue weighted by atomic mass is 31.2. The van der Waals surface area contributed by atoms with Gasteiger partial charge in [0.05, 0.1) is 24.1 Å². The molecule has 0 aliphatic rings. The van der Waals surface area contributed by atoms with E-state index in [4.69, 9.17) is 14.0 Å². The topological polar surface area (TPSA) is 92.8 Å². The summed E-state index contributed by atoms with van der Waals surface area (Å²) in [7, 11) is -4.35. The molecule has 0 saturated heterocycles. The Morgan fingerprint density at radius 3 is 2.40 bits per heavy atom. The second-order valence-corrected chi connectivity index (χ2v) is 6.31. The lowest BCUT2D eigenvalue weighted by Gasteiger charge is -2.27. The molecule has 5 nitrogen and oxygen atoms in total. The normalized spacial score (nSPS) is 24.1. The minimum Gasteiger partial charge on any atom is -0.394 e. The average Bonchev–Trinajstić information content (AvgIpc) is 2.40. The largest absolute Gasteiger partial charge is 0.394 e. The molecule has 1 rings (SSSR count). The lowest BCUT2D eigenvalue weighted by molar-refractivity contribution is 0.119. The van der Waals surface area contributed by atoms with Crippen molar-refractivity contribution >= 4 is 7.60 Å². The van der Waals surface area contributed by atoms with Crippen LogP contribution in [0, 0.1) is 0 Å². The maximum absolute atomic E-state index is 11.4. The summed E-state index contributed by atoms with van der Waals surface area (Å²) in [6, 6.07) is 6.24. The van der Waals surface area contributed by atoms with Crippen LogP contribution in [-0.2, 0) is 21.9 Å². The molecule has 0 heterocycles. The summed E-state index contributed by atoms with van der Waals surface area (Å²) < 4.78 is 61.7. The molecule has 0 aromatic heterocycles. The first-order chi connectivity index (χ1) is 11.4. The van der Waals surface area contributed by atoms with Crippen LogP contribution in [0.2, 0.25) is 0 Å². The molecule has 1 aromatic carbocycles. The number of aliphatic hydroxyl groups is 1. The van der Waals surface area contributed by atoms with Crippen molar-refractivity contribution < 1.29 is 27.3 Å². The number of hydrogen-bond acceptors (Lipinski definition) is 4. The number of hydrogen-bond donors (Lipinski definition) is 3. The Labute approximate surface area is 128 Å². The van der Waals surface area contributed by atoms with Gasteiger partial charge in [0.25, 0.3) is 0 Å². The van der Waals surface area contributed by atoms with Crippen LogP contribution >= 0.6 is 7.60 Å². The van der Waals surface area contributed by atoms with Crippen LogP contribution in [-0.4, -0.2) is 35.3 Å². The summed E-state index contributed by atoms with van der Waals surface area (Å²) in [5.74, 6) is 0. The molecular formula is C14H24NO4P. The molecule has 0 aliphatic heterocycles. The number of nitrogens with two attached hydrogens (primary N) is 1. The molecule has 0 radical (unpaired) electrons. The first-order valence-electron chi connectivity index (χ1n) is 9.01. The van der Waals surface area contributed by atoms with Gasteiger partial charge in [-0.3, -0.25) is 4.57 Å². The molecule has 4 N–H and O–H groups in total. The monoisotopic (exact) mass is 307 g/mol. The van der Waals surface area contributed by atoms with Gasteiger partial charge in [0.1, 0.15) is 0 Å². The Balaban J connectivity index is 3.08. The van der Waals surface area contributed by atoms with E-state index in [0.29, 0.717) is 11.1 Å². The molecule has 1 aromatic rings. The molecule has 20 heavy (non-hydrogen) atoms. The molecule has 0 saturated carbocycles. The zero-order valence-electron chi connectivity index (χ0n) is 17.5. The van der Waals surface area contributed by atoms with Gasteiger partial charge in [-0.25, -0.2) is 0 Å². The van der Waals surface area contributed by atoms with Gasteiger partial charge in [0.2, 0.25) is 0 Å². The van der Waals surface area contributed by atoms with E-state index in [0.717, 1.165) is 6.66 Å². The van der Waals surface area contributed by atoms with Crippen LogP contribution < -0.4 is 5.73 Å². The van der Waals surface area contributed by atoms with E-state index in [2.05, 4.69) is 4.52 Å². The predicted molar refractivity (Wildman–Crippen MR) is 79.8 cm³/mol. The zero-order chi connectivity index (χ0) is 20.6. The van der Waals surface area contributed by atoms with Gasteiger partial charge in [-0.1, -0.05) is 31.2 Å². The summed E-state index contributed by atoms with van der Waals surface area (Å²) >= 11 is 0. The fraction of sp³-hybridized carbons (Fsp3) is 0.571. The van der Waals surface area contributed by atoms with Crippen molar-refractivity contribution in [2.24, 2.45) is 5.73 Å². The molecule has 2 atom stereocenters. The van der Waals surface area contributed by atoms with Crippen LogP contribution in [0.1, 0.15) is 32.7 Å². The fourth-order valence-electron chi connectivity index (χ4n) is 1.48. The third-order valence-corrected chi connectivity index (χ3v) is 3.08. The molecule has 0 aliphatic carbocycles. The molecule has 0 fully saturated rings. The zero-order valence-corrected chi connectivity index (χ0v) is 12.4. The molecule has 6 heteroatoms. The van der Waals surface area contributed by atoms with E-state index >= 15 is 0 Å². The van der Waals surface area contributed by atoms with Crippen molar-refractivity contribution in [1.82, 2.24) is 0 Å². The van der Waals surface area contributed by atoms with Gasteiger partial charge in [-0.2, -0.15) is 0 Å². The lowest BCUT2D eigenvalue weighted by Crippen LogP contribution is -2.48. The van der Waals surface area contributed by atoms with Crippen molar-refractivity contribution in [3.8, 4) is 0 Å². The first-order valence-corrected chi connectivity index (χ1v) is 8.03. The van der Waals surface area contributed by atoms with E-state index in [1.165, 1.54) is 6.92 Å². The van der Waals surface area contributed by atoms with Crippen LogP contribution in [0.25, 0.3) is 0 Å². The van der Waals surface area contributed by atoms with Crippen LogP contribution in [0.4, 0.5) is 0 Å². The third kappa shape index (κ3) is 6.16. The maximum Gasteiger partial charge on any atom is 0.325 e. The lowest BCUT2D eigenvalue weighted by atomic mass is 9.93. The van der Waals surface area contributed by atoms with Gasteiger partial charge in [-0.15, -0.1) is 0 Å². The Bertz CT molecular complexity index is 667. The van der Waals surface area contributed by atoms with Gasteiger partial charge >= 0.3 is 7.60 Å². The van der Waals surface area contributed by atoms with E-state index < -0.39 is 39.0 Å². The molecule has 0 spiro atoms. The summed E-state index contributed by atoms with van der Waals surface area (Å²) in [6.07, 6.45) is -1.96. The Kier molecular flexibility index (Phi) is 3.70. The Hall–Kier alpha value is -0.710. The summed E-state index contributed by atoms with van der Waals surface area (Å²) in [5.41, 5.74) is 4.19. The summed E-state index contributed by atoms with van der Waals surface area (Å²) in [5, 5.41) is 9.77. The van der Waals surface area contributed by atoms with Crippen molar-refractivity contribution in [1.29, 1.82) is 0 Å². The smallest absolute Gasteiger partial charge is 0.325 e. The molecule has 114 valence electrons. The van der Waals surface area contributed by atoms with Crippen molar-refractivity contribution in [2.75, 3.05) is 19.8 Å². The van der Waals surface area contributed by atoms with Gasteiger partial charge in [-0.05, 0) is 30.3 Å². The van der Waals surface area contributed by atoms with Gasteiger partial charge < -0.3 is 20.3 Å². The van der Waals surface area contributed by atoms with Crippen molar-refractivity contribution in [2.45, 2.75) is 31.7 Å². The summed E-state index contributed by atoms with van der Waals surface area (Å²) in [6.45, 7) is -4.25. The molecule has 0 bridgehead atoms. The minimum absolute atomic E-state index is 0.0197. The highest BCUT2D eigenvalue weighted by Crippen LogP contribution is 2.37. The molecular weight excluding hydrogens is 277 g/mol. The second kappa shape index (κ2) is 7.34. The van der Waals surface area contributed by atoms with E-state index in [1.807, 2.05) is 0 Å². The SMILES string of the molecule is [2H]C([2H])(C)c1ccc(CCC(N)(C([2H])([2H])O)C([2H])([2H])OP(C)(=O)O)cc1. The summed E-state index contributed by atoms with van der Waals surface area (Å²) in [4.78, 5) is 9.27. The standard InChI is InChI=1S/C14H24NO4P/c1-3-12-4-6-13(7-5-12)8-9-14(15,10-16)11-19-20(2,17)18/h4-7,16H,3,8-11,15H2,1-2H3,(H,17,18)/i3D2,10D2,11D2. The highest BCUT2D eigenvalue weighted by Gasteiger charge is 2.27. The first kappa shape index (κ1) is 10.1. The van der Waals surface area contributed by atoms with E-state index in [-0.39, 0.29) is 6.42 Å². The van der Waals surface area contributed by atoms with Gasteiger partial charge in [0.15, 0.2) is 0 Å². The molecule has 2 unspecified atom stereocenters. The van der Waals surface area contributed by atoms with Gasteiger partial charge in [0, 0.05) is 9.41 Å². The van der Waals surface area contributed by atoms with Crippen LogP contribution in [0.3, 0.4) is 0 Å². The number of aryl methyl sites for hydroxylation is 2. The van der Waals surface area contributed by atoms with Crippen molar-refractivity contribution in [3.05, 3.63) is 35.4 Å². The molecule has 0 amide bonds. The highest BCUT2D eigenvalue weighted by molar-refractivity contribution is 7.51. The Morgan fingerprint density at radius 2 is 1.95 bits per heavy atom. The maximum atomic E-state index is 11.4. The number of benzene rings is 1. The fourth-order valence-corrected chi connectivity index (χ4v) is 1.81. The predicted octanol–water partition coefficient (Wildman–Crippen LogP) is 1.70. The minimum atomic E-state index is -4.35.